The first-order valence-electron chi connectivity index (χ1n) is 7.46. The van der Waals surface area contributed by atoms with Gasteiger partial charge in [-0.1, -0.05) is 19.9 Å². The van der Waals surface area contributed by atoms with Gasteiger partial charge in [0, 0.05) is 4.70 Å². The van der Waals surface area contributed by atoms with Gasteiger partial charge in [-0.25, -0.2) is 4.79 Å². The third-order valence-corrected chi connectivity index (χ3v) is 5.57. The molecule has 128 valence electrons. The lowest BCUT2D eigenvalue weighted by Gasteiger charge is -2.31. The molecule has 0 aliphatic rings. The Morgan fingerprint density at radius 3 is 2.42 bits per heavy atom. The first-order valence-corrected chi connectivity index (χ1v) is 8.34. The average molecular weight is 348 g/mol. The molecule has 2 rings (SSSR count). The highest BCUT2D eigenvalue weighted by atomic mass is 32.1. The van der Waals surface area contributed by atoms with Crippen molar-refractivity contribution in [1.29, 1.82) is 0 Å². The molecule has 0 spiro atoms. The number of carboxylic acid groups (broad SMARTS) is 1. The summed E-state index contributed by atoms with van der Waals surface area (Å²) in [6, 6.07) is 3.20. The number of benzene rings is 1. The number of carbonyl (C=O) groups excluding carboxylic acids is 2. The van der Waals surface area contributed by atoms with Crippen LogP contribution in [0.4, 0.5) is 0 Å². The highest BCUT2D eigenvalue weighted by molar-refractivity contribution is 7.17. The fraction of sp³-hybridized carbons (Fsp3) is 0.353. The minimum Gasteiger partial charge on any atom is -0.478 e. The van der Waals surface area contributed by atoms with Crippen LogP contribution in [-0.2, 0) is 4.79 Å². The molecule has 1 heterocycles. The quantitative estimate of drug-likeness (QED) is 0.771. The first-order chi connectivity index (χ1) is 11.1. The van der Waals surface area contributed by atoms with Crippen molar-refractivity contribution in [1.82, 2.24) is 5.32 Å². The van der Waals surface area contributed by atoms with Crippen molar-refractivity contribution in [2.24, 2.45) is 11.7 Å². The number of hydrogen-bond donors (Lipinski definition) is 3. The van der Waals surface area contributed by atoms with Crippen molar-refractivity contribution in [2.45, 2.75) is 33.2 Å². The Bertz CT molecular complexity index is 840. The van der Waals surface area contributed by atoms with Crippen molar-refractivity contribution >= 4 is 39.2 Å². The highest BCUT2D eigenvalue weighted by Crippen LogP contribution is 2.31. The molecular formula is C17H20N2O4S. The molecule has 6 nitrogen and oxygen atoms in total. The summed E-state index contributed by atoms with van der Waals surface area (Å²) in [5, 5.41) is 14.8. The van der Waals surface area contributed by atoms with E-state index in [1.807, 2.05) is 12.3 Å². The largest absolute Gasteiger partial charge is 0.478 e. The maximum atomic E-state index is 12.7. The number of nitrogens with two attached hydrogens (primary N) is 1. The van der Waals surface area contributed by atoms with E-state index in [9.17, 15) is 19.5 Å². The van der Waals surface area contributed by atoms with Crippen molar-refractivity contribution < 1.29 is 19.5 Å². The Labute approximate surface area is 143 Å². The van der Waals surface area contributed by atoms with Crippen LogP contribution in [0.3, 0.4) is 0 Å². The Balaban J connectivity index is 2.56. The van der Waals surface area contributed by atoms with Crippen molar-refractivity contribution in [2.75, 3.05) is 0 Å². The Kier molecular flexibility index (Phi) is 4.66. The van der Waals surface area contributed by atoms with Crippen molar-refractivity contribution in [3.05, 3.63) is 34.2 Å². The smallest absolute Gasteiger partial charge is 0.337 e. The van der Waals surface area contributed by atoms with Crippen LogP contribution in [0.1, 0.15) is 47.1 Å². The zero-order valence-corrected chi connectivity index (χ0v) is 14.8. The molecule has 0 aliphatic carbocycles. The van der Waals surface area contributed by atoms with Crippen LogP contribution in [0.2, 0.25) is 0 Å². The van der Waals surface area contributed by atoms with Gasteiger partial charge in [0.2, 0.25) is 5.91 Å². The van der Waals surface area contributed by atoms with Crippen LogP contribution >= 0.6 is 11.3 Å². The van der Waals surface area contributed by atoms with Gasteiger partial charge in [-0.15, -0.1) is 11.3 Å². The fourth-order valence-electron chi connectivity index (χ4n) is 2.42. The molecule has 24 heavy (non-hydrogen) atoms. The Hall–Kier alpha value is -2.41. The maximum absolute atomic E-state index is 12.7. The zero-order chi connectivity index (χ0) is 18.2. The molecule has 2 amide bonds. The molecule has 4 N–H and O–H groups in total. The maximum Gasteiger partial charge on any atom is 0.337 e. The van der Waals surface area contributed by atoms with Crippen LogP contribution in [0.15, 0.2) is 17.5 Å². The van der Waals surface area contributed by atoms with Crippen molar-refractivity contribution in [3.63, 3.8) is 0 Å². The number of thiophene rings is 1. The number of aryl methyl sites for hydroxylation is 1. The Morgan fingerprint density at radius 2 is 1.92 bits per heavy atom. The van der Waals surface area contributed by atoms with Gasteiger partial charge in [-0.2, -0.15) is 0 Å². The van der Waals surface area contributed by atoms with Gasteiger partial charge in [0.25, 0.3) is 5.91 Å². The molecular weight excluding hydrogens is 328 g/mol. The number of rotatable bonds is 5. The van der Waals surface area contributed by atoms with Gasteiger partial charge in [0.15, 0.2) is 0 Å². The first kappa shape index (κ1) is 17.9. The zero-order valence-electron chi connectivity index (χ0n) is 14.0. The second-order valence-corrected chi connectivity index (χ2v) is 7.14. The Morgan fingerprint density at radius 1 is 1.29 bits per heavy atom. The molecule has 0 radical (unpaired) electrons. The molecule has 0 aliphatic heterocycles. The van der Waals surface area contributed by atoms with E-state index in [0.29, 0.717) is 4.70 Å². The standard InChI is InChI=1S/C17H20N2O4S/c1-8(2)17(4,16(18)23)19-14(20)11-6-5-10-9(3)7-24-13(10)12(11)15(21)22/h5-8H,1-4H3,(H2,18,23)(H,19,20)(H,21,22). The van der Waals surface area contributed by atoms with Gasteiger partial charge in [0.05, 0.1) is 11.1 Å². The van der Waals surface area contributed by atoms with Crippen LogP contribution in [0, 0.1) is 12.8 Å². The molecule has 0 saturated heterocycles. The van der Waals surface area contributed by atoms with Crippen LogP contribution in [0.5, 0.6) is 0 Å². The topological polar surface area (TPSA) is 109 Å². The van der Waals surface area contributed by atoms with E-state index in [-0.39, 0.29) is 17.0 Å². The summed E-state index contributed by atoms with van der Waals surface area (Å²) in [6.45, 7) is 6.93. The average Bonchev–Trinajstić information content (AvgIpc) is 2.86. The van der Waals surface area contributed by atoms with Crippen LogP contribution in [-0.4, -0.2) is 28.4 Å². The predicted octanol–water partition coefficient (Wildman–Crippen LogP) is 2.54. The predicted molar refractivity (Wildman–Crippen MR) is 93.4 cm³/mol. The number of aromatic carboxylic acids is 1. The fourth-order valence-corrected chi connectivity index (χ4v) is 3.51. The summed E-state index contributed by atoms with van der Waals surface area (Å²) in [5.41, 5.74) is 5.07. The van der Waals surface area contributed by atoms with E-state index >= 15 is 0 Å². The SMILES string of the molecule is Cc1csc2c(C(=O)O)c(C(=O)NC(C)(C(N)=O)C(C)C)ccc12. The summed E-state index contributed by atoms with van der Waals surface area (Å²) in [5.74, 6) is -2.73. The van der Waals surface area contributed by atoms with E-state index in [0.717, 1.165) is 10.9 Å². The molecule has 7 heteroatoms. The normalized spacial score (nSPS) is 13.7. The molecule has 0 fully saturated rings. The van der Waals surface area contributed by atoms with Gasteiger partial charge in [0.1, 0.15) is 5.54 Å². The van der Waals surface area contributed by atoms with Gasteiger partial charge < -0.3 is 16.2 Å². The third-order valence-electron chi connectivity index (χ3n) is 4.43. The number of nitrogens with one attached hydrogen (secondary N) is 1. The molecule has 1 aromatic carbocycles. The number of amides is 2. The summed E-state index contributed by atoms with van der Waals surface area (Å²) in [6.07, 6.45) is 0. The molecule has 1 unspecified atom stereocenters. The van der Waals surface area contributed by atoms with Gasteiger partial charge >= 0.3 is 5.97 Å². The molecule has 0 saturated carbocycles. The van der Waals surface area contributed by atoms with E-state index < -0.39 is 23.3 Å². The molecule has 2 aromatic rings. The van der Waals surface area contributed by atoms with E-state index in [2.05, 4.69) is 5.32 Å². The highest BCUT2D eigenvalue weighted by Gasteiger charge is 2.37. The summed E-state index contributed by atoms with van der Waals surface area (Å²) in [7, 11) is 0. The van der Waals surface area contributed by atoms with E-state index in [1.165, 1.54) is 24.3 Å². The lowest BCUT2D eigenvalue weighted by molar-refractivity contribution is -0.125. The second kappa shape index (κ2) is 6.24. The number of carbonyl (C=O) groups is 3. The van der Waals surface area contributed by atoms with E-state index in [4.69, 9.17) is 5.73 Å². The van der Waals surface area contributed by atoms with Gasteiger partial charge in [-0.05, 0) is 42.2 Å². The van der Waals surface area contributed by atoms with Crippen molar-refractivity contribution in [3.8, 4) is 0 Å². The molecule has 1 atom stereocenters. The lowest BCUT2D eigenvalue weighted by Crippen LogP contribution is -2.58. The van der Waals surface area contributed by atoms with Crippen LogP contribution in [0.25, 0.3) is 10.1 Å². The molecule has 0 bridgehead atoms. The minimum absolute atomic E-state index is 0.0185. The second-order valence-electron chi connectivity index (χ2n) is 6.26. The summed E-state index contributed by atoms with van der Waals surface area (Å²) < 4.78 is 0.540. The molecule has 1 aromatic heterocycles. The van der Waals surface area contributed by atoms with E-state index in [1.54, 1.807) is 19.9 Å². The monoisotopic (exact) mass is 348 g/mol. The number of hydrogen-bond acceptors (Lipinski definition) is 4. The number of primary amides is 1. The number of fused-ring (bicyclic) bond motifs is 1. The summed E-state index contributed by atoms with van der Waals surface area (Å²) >= 11 is 1.28. The van der Waals surface area contributed by atoms with Crippen LogP contribution < -0.4 is 11.1 Å². The lowest BCUT2D eigenvalue weighted by atomic mass is 9.87. The third kappa shape index (κ3) is 2.87. The number of carboxylic acids is 1. The minimum atomic E-state index is -1.27. The van der Waals surface area contributed by atoms with Gasteiger partial charge in [-0.3, -0.25) is 9.59 Å². The summed E-state index contributed by atoms with van der Waals surface area (Å²) in [4.78, 5) is 36.1.